The molecule has 1 aliphatic rings. The van der Waals surface area contributed by atoms with E-state index in [2.05, 4.69) is 19.1 Å². The predicted octanol–water partition coefficient (Wildman–Crippen LogP) is 3.89. The molecule has 1 aromatic carbocycles. The summed E-state index contributed by atoms with van der Waals surface area (Å²) in [4.78, 5) is 38.6. The molecule has 0 bridgehead atoms. The zero-order valence-electron chi connectivity index (χ0n) is 15.4. The van der Waals surface area contributed by atoms with Crippen LogP contribution in [0.5, 0.6) is 0 Å². The standard InChI is InChI=1S/C21H29NO3/c1-3-9-20(24)21(25)22-15-8-7-12-18(22)19(23)14-13-16(2)17-10-5-4-6-11-17/h4-6,10-11,16,18H,3,7-9,12-15H2,1-2H3/t16?,18-/m0/s1. The first-order valence-corrected chi connectivity index (χ1v) is 9.46. The van der Waals surface area contributed by atoms with Crippen molar-refractivity contribution >= 4 is 17.5 Å². The van der Waals surface area contributed by atoms with E-state index in [1.807, 2.05) is 25.1 Å². The summed E-state index contributed by atoms with van der Waals surface area (Å²) < 4.78 is 0. The maximum absolute atomic E-state index is 12.7. The van der Waals surface area contributed by atoms with Gasteiger partial charge in [0.1, 0.15) is 0 Å². The molecule has 0 aromatic heterocycles. The fourth-order valence-corrected chi connectivity index (χ4v) is 3.48. The minimum absolute atomic E-state index is 0.0973. The van der Waals surface area contributed by atoms with E-state index in [9.17, 15) is 14.4 Å². The minimum atomic E-state index is -0.462. The van der Waals surface area contributed by atoms with Crippen molar-refractivity contribution in [3.05, 3.63) is 35.9 Å². The zero-order chi connectivity index (χ0) is 18.2. The Bertz CT molecular complexity index is 596. The van der Waals surface area contributed by atoms with Crippen LogP contribution < -0.4 is 0 Å². The summed E-state index contributed by atoms with van der Waals surface area (Å²) in [6.07, 6.45) is 4.64. The van der Waals surface area contributed by atoms with E-state index in [0.717, 1.165) is 19.3 Å². The molecule has 136 valence electrons. The van der Waals surface area contributed by atoms with Gasteiger partial charge in [0.05, 0.1) is 6.04 Å². The van der Waals surface area contributed by atoms with E-state index >= 15 is 0 Å². The largest absolute Gasteiger partial charge is 0.326 e. The van der Waals surface area contributed by atoms with Crippen molar-refractivity contribution in [1.29, 1.82) is 0 Å². The SMILES string of the molecule is CCCC(=O)C(=O)N1CCCC[C@H]1C(=O)CCC(C)c1ccccc1. The first kappa shape index (κ1) is 19.4. The van der Waals surface area contributed by atoms with Crippen LogP contribution in [0.4, 0.5) is 0 Å². The number of amides is 1. The highest BCUT2D eigenvalue weighted by atomic mass is 16.2. The van der Waals surface area contributed by atoms with Gasteiger partial charge in [0.15, 0.2) is 5.78 Å². The Balaban J connectivity index is 1.95. The van der Waals surface area contributed by atoms with Crippen LogP contribution in [0, 0.1) is 0 Å². The fourth-order valence-electron chi connectivity index (χ4n) is 3.48. The number of nitrogens with zero attached hydrogens (tertiary/aromatic N) is 1. The third-order valence-electron chi connectivity index (χ3n) is 5.04. The van der Waals surface area contributed by atoms with E-state index in [1.165, 1.54) is 10.5 Å². The smallest absolute Gasteiger partial charge is 0.290 e. The average Bonchev–Trinajstić information content (AvgIpc) is 2.66. The van der Waals surface area contributed by atoms with Crippen molar-refractivity contribution in [3.8, 4) is 0 Å². The number of hydrogen-bond acceptors (Lipinski definition) is 3. The van der Waals surface area contributed by atoms with E-state index < -0.39 is 11.9 Å². The van der Waals surface area contributed by atoms with Crippen molar-refractivity contribution in [2.24, 2.45) is 0 Å². The molecule has 25 heavy (non-hydrogen) atoms. The second-order valence-electron chi connectivity index (χ2n) is 7.00. The van der Waals surface area contributed by atoms with Crippen LogP contribution in [0.15, 0.2) is 30.3 Å². The second kappa shape index (κ2) is 9.50. The summed E-state index contributed by atoms with van der Waals surface area (Å²) in [6.45, 7) is 4.53. The Labute approximate surface area is 150 Å². The van der Waals surface area contributed by atoms with E-state index in [-0.39, 0.29) is 18.0 Å². The highest BCUT2D eigenvalue weighted by molar-refractivity contribution is 6.36. The lowest BCUT2D eigenvalue weighted by Gasteiger charge is -2.34. The fraction of sp³-hybridized carbons (Fsp3) is 0.571. The Hall–Kier alpha value is -1.97. The maximum atomic E-state index is 12.7. The Kier molecular flexibility index (Phi) is 7.35. The van der Waals surface area contributed by atoms with E-state index in [4.69, 9.17) is 0 Å². The average molecular weight is 343 g/mol. The van der Waals surface area contributed by atoms with Gasteiger partial charge in [-0.15, -0.1) is 0 Å². The number of likely N-dealkylation sites (tertiary alicyclic amines) is 1. The van der Waals surface area contributed by atoms with Crippen molar-refractivity contribution in [2.45, 2.75) is 70.8 Å². The molecule has 1 heterocycles. The Morgan fingerprint density at radius 3 is 2.52 bits per heavy atom. The third kappa shape index (κ3) is 5.25. The third-order valence-corrected chi connectivity index (χ3v) is 5.04. The summed E-state index contributed by atoms with van der Waals surface area (Å²) in [7, 11) is 0. The van der Waals surface area contributed by atoms with Gasteiger partial charge in [0, 0.05) is 19.4 Å². The lowest BCUT2D eigenvalue weighted by Crippen LogP contribution is -2.50. The number of benzene rings is 1. The molecule has 0 saturated carbocycles. The molecule has 1 saturated heterocycles. The van der Waals surface area contributed by atoms with Gasteiger partial charge >= 0.3 is 0 Å². The lowest BCUT2D eigenvalue weighted by molar-refractivity contribution is -0.149. The topological polar surface area (TPSA) is 54.5 Å². The molecule has 1 amide bonds. The first-order valence-electron chi connectivity index (χ1n) is 9.46. The van der Waals surface area contributed by atoms with E-state index in [0.29, 0.717) is 31.7 Å². The molecule has 0 N–H and O–H groups in total. The number of ketones is 2. The molecule has 1 aromatic rings. The van der Waals surface area contributed by atoms with Gasteiger partial charge in [-0.3, -0.25) is 14.4 Å². The monoisotopic (exact) mass is 343 g/mol. The molecular weight excluding hydrogens is 314 g/mol. The summed E-state index contributed by atoms with van der Waals surface area (Å²) in [6, 6.07) is 9.75. The van der Waals surface area contributed by atoms with Gasteiger partial charge in [-0.05, 0) is 43.6 Å². The van der Waals surface area contributed by atoms with Crippen molar-refractivity contribution in [2.75, 3.05) is 6.54 Å². The highest BCUT2D eigenvalue weighted by Gasteiger charge is 2.34. The minimum Gasteiger partial charge on any atom is -0.326 e. The molecule has 4 heteroatoms. The van der Waals surface area contributed by atoms with Crippen molar-refractivity contribution < 1.29 is 14.4 Å². The molecule has 2 rings (SSSR count). The summed E-state index contributed by atoms with van der Waals surface area (Å²) in [5.41, 5.74) is 1.23. The second-order valence-corrected chi connectivity index (χ2v) is 7.00. The van der Waals surface area contributed by atoms with Crippen molar-refractivity contribution in [3.63, 3.8) is 0 Å². The van der Waals surface area contributed by atoms with Crippen LogP contribution in [0.2, 0.25) is 0 Å². The highest BCUT2D eigenvalue weighted by Crippen LogP contribution is 2.24. The number of rotatable bonds is 8. The number of piperidine rings is 1. The molecule has 2 atom stereocenters. The quantitative estimate of drug-likeness (QED) is 0.673. The maximum Gasteiger partial charge on any atom is 0.290 e. The van der Waals surface area contributed by atoms with Crippen LogP contribution in [0.25, 0.3) is 0 Å². The number of carbonyl (C=O) groups excluding carboxylic acids is 3. The normalized spacial score (nSPS) is 18.6. The molecule has 0 aliphatic carbocycles. The van der Waals surface area contributed by atoms with Crippen LogP contribution in [-0.4, -0.2) is 35.0 Å². The van der Waals surface area contributed by atoms with Crippen LogP contribution in [-0.2, 0) is 14.4 Å². The lowest BCUT2D eigenvalue weighted by atomic mass is 9.90. The first-order chi connectivity index (χ1) is 12.0. The molecular formula is C21H29NO3. The van der Waals surface area contributed by atoms with Gasteiger partial charge in [-0.2, -0.15) is 0 Å². The molecule has 4 nitrogen and oxygen atoms in total. The summed E-state index contributed by atoms with van der Waals surface area (Å²) >= 11 is 0. The number of hydrogen-bond donors (Lipinski definition) is 0. The molecule has 0 radical (unpaired) electrons. The van der Waals surface area contributed by atoms with Crippen LogP contribution >= 0.6 is 0 Å². The van der Waals surface area contributed by atoms with Gasteiger partial charge in [-0.25, -0.2) is 0 Å². The van der Waals surface area contributed by atoms with Crippen LogP contribution in [0.1, 0.15) is 70.3 Å². The zero-order valence-corrected chi connectivity index (χ0v) is 15.4. The summed E-state index contributed by atoms with van der Waals surface area (Å²) in [5, 5.41) is 0. The Morgan fingerprint density at radius 2 is 1.84 bits per heavy atom. The molecule has 1 fully saturated rings. The molecule has 0 spiro atoms. The van der Waals surface area contributed by atoms with Gasteiger partial charge < -0.3 is 4.90 Å². The van der Waals surface area contributed by atoms with E-state index in [1.54, 1.807) is 0 Å². The molecule has 1 aliphatic heterocycles. The predicted molar refractivity (Wildman–Crippen MR) is 98.4 cm³/mol. The van der Waals surface area contributed by atoms with Gasteiger partial charge in [-0.1, -0.05) is 44.2 Å². The van der Waals surface area contributed by atoms with Gasteiger partial charge in [0.25, 0.3) is 5.91 Å². The van der Waals surface area contributed by atoms with Crippen molar-refractivity contribution in [1.82, 2.24) is 4.90 Å². The summed E-state index contributed by atoms with van der Waals surface area (Å²) in [5.74, 6) is -0.421. The number of Topliss-reactive ketones (excluding diaryl/α,β-unsaturated/α-hetero) is 2. The van der Waals surface area contributed by atoms with Gasteiger partial charge in [0.2, 0.25) is 5.78 Å². The van der Waals surface area contributed by atoms with Crippen LogP contribution in [0.3, 0.4) is 0 Å². The number of carbonyl (C=O) groups is 3. The Morgan fingerprint density at radius 1 is 1.12 bits per heavy atom. The molecule has 1 unspecified atom stereocenters.